The molecule has 3 heterocycles. The first-order chi connectivity index (χ1) is 11.2. The number of piperazine rings is 1. The lowest BCUT2D eigenvalue weighted by Gasteiger charge is -2.37. The molecule has 120 valence electrons. The third-order valence-electron chi connectivity index (χ3n) is 4.70. The van der Waals surface area contributed by atoms with Crippen LogP contribution in [0.5, 0.6) is 0 Å². The van der Waals surface area contributed by atoms with Crippen LogP contribution in [0.2, 0.25) is 0 Å². The number of nitrogens with zero attached hydrogens (tertiary/aromatic N) is 3. The normalized spacial score (nSPS) is 20.3. The van der Waals surface area contributed by atoms with Gasteiger partial charge in [-0.25, -0.2) is 4.98 Å². The molecule has 23 heavy (non-hydrogen) atoms. The highest BCUT2D eigenvalue weighted by molar-refractivity contribution is 9.09. The minimum atomic E-state index is 0.387. The van der Waals surface area contributed by atoms with Gasteiger partial charge in [-0.3, -0.25) is 0 Å². The van der Waals surface area contributed by atoms with Crippen molar-refractivity contribution in [3.8, 4) is 0 Å². The van der Waals surface area contributed by atoms with E-state index in [0.717, 1.165) is 44.4 Å². The second-order valence-electron chi connectivity index (χ2n) is 6.27. The molecule has 1 aromatic heterocycles. The molecule has 0 spiro atoms. The lowest BCUT2D eigenvalue weighted by Crippen LogP contribution is -2.46. The fourth-order valence-electron chi connectivity index (χ4n) is 3.28. The molecule has 4 rings (SSSR count). The van der Waals surface area contributed by atoms with E-state index in [-0.39, 0.29) is 0 Å². The number of aryl methyl sites for hydroxylation is 1. The maximum atomic E-state index is 4.80. The van der Waals surface area contributed by atoms with Crippen molar-refractivity contribution in [2.75, 3.05) is 47.8 Å². The first-order valence-electron chi connectivity index (χ1n) is 8.16. The highest BCUT2D eigenvalue weighted by atomic mass is 79.9. The molecule has 0 radical (unpaired) electrons. The van der Waals surface area contributed by atoms with E-state index in [2.05, 4.69) is 74.4 Å². The minimum absolute atomic E-state index is 0.387. The minimum Gasteiger partial charge on any atom is -0.368 e. The molecule has 1 atom stereocenters. The van der Waals surface area contributed by atoms with Crippen LogP contribution >= 0.6 is 15.9 Å². The molecule has 0 amide bonds. The molecule has 4 nitrogen and oxygen atoms in total. The number of hydrogen-bond acceptors (Lipinski definition) is 4. The van der Waals surface area contributed by atoms with Crippen LogP contribution in [0.1, 0.15) is 16.0 Å². The Morgan fingerprint density at radius 1 is 1.00 bits per heavy atom. The van der Waals surface area contributed by atoms with Crippen LogP contribution < -0.4 is 15.1 Å². The van der Waals surface area contributed by atoms with Crippen LogP contribution in [0.25, 0.3) is 0 Å². The maximum absolute atomic E-state index is 4.80. The van der Waals surface area contributed by atoms with E-state index < -0.39 is 0 Å². The standard InChI is InChI=1S/C18H21BrN4/c1-13-2-4-14(5-3-13)22-8-10-23(11-9-22)17-7-6-15-16(19)12-20-18(15)21-17/h2-7,16H,8-12H2,1H3,(H,20,21). The van der Waals surface area contributed by atoms with Crippen molar-refractivity contribution >= 4 is 33.3 Å². The lowest BCUT2D eigenvalue weighted by molar-refractivity contribution is 0.648. The summed E-state index contributed by atoms with van der Waals surface area (Å²) in [5.74, 6) is 2.12. The molecular weight excluding hydrogens is 352 g/mol. The van der Waals surface area contributed by atoms with Crippen molar-refractivity contribution in [1.82, 2.24) is 4.98 Å². The second-order valence-corrected chi connectivity index (χ2v) is 7.37. The van der Waals surface area contributed by atoms with Gasteiger partial charge in [-0.2, -0.15) is 0 Å². The van der Waals surface area contributed by atoms with Gasteiger partial charge in [0.25, 0.3) is 0 Å². The van der Waals surface area contributed by atoms with E-state index in [1.807, 2.05) is 0 Å². The number of benzene rings is 1. The molecule has 1 unspecified atom stereocenters. The summed E-state index contributed by atoms with van der Waals surface area (Å²) < 4.78 is 0. The van der Waals surface area contributed by atoms with Crippen molar-refractivity contribution in [2.24, 2.45) is 0 Å². The first kappa shape index (κ1) is 14.8. The molecule has 2 aliphatic rings. The molecule has 0 aliphatic carbocycles. The number of halogens is 1. The summed E-state index contributed by atoms with van der Waals surface area (Å²) in [5, 5.41) is 3.37. The van der Waals surface area contributed by atoms with Gasteiger partial charge in [-0.1, -0.05) is 39.7 Å². The van der Waals surface area contributed by atoms with Crippen molar-refractivity contribution in [3.63, 3.8) is 0 Å². The van der Waals surface area contributed by atoms with Crippen molar-refractivity contribution < 1.29 is 0 Å². The zero-order chi connectivity index (χ0) is 15.8. The van der Waals surface area contributed by atoms with E-state index in [1.165, 1.54) is 16.8 Å². The van der Waals surface area contributed by atoms with Crippen molar-refractivity contribution in [2.45, 2.75) is 11.8 Å². The average Bonchev–Trinajstić information content (AvgIpc) is 2.96. The van der Waals surface area contributed by atoms with E-state index in [0.29, 0.717) is 4.83 Å². The summed E-state index contributed by atoms with van der Waals surface area (Å²) in [5.41, 5.74) is 3.90. The van der Waals surface area contributed by atoms with E-state index in [1.54, 1.807) is 0 Å². The quantitative estimate of drug-likeness (QED) is 0.816. The van der Waals surface area contributed by atoms with Gasteiger partial charge in [0.15, 0.2) is 0 Å². The molecule has 2 aromatic rings. The smallest absolute Gasteiger partial charge is 0.132 e. The predicted molar refractivity (Wildman–Crippen MR) is 100.0 cm³/mol. The average molecular weight is 373 g/mol. The lowest BCUT2D eigenvalue weighted by atomic mass is 10.2. The fourth-order valence-corrected chi connectivity index (χ4v) is 3.81. The zero-order valence-electron chi connectivity index (χ0n) is 13.3. The van der Waals surface area contributed by atoms with Crippen LogP contribution in [-0.4, -0.2) is 37.7 Å². The van der Waals surface area contributed by atoms with Gasteiger partial charge >= 0.3 is 0 Å². The molecule has 1 fully saturated rings. The van der Waals surface area contributed by atoms with E-state index in [4.69, 9.17) is 4.98 Å². The number of aromatic nitrogens is 1. The molecule has 1 saturated heterocycles. The Morgan fingerprint density at radius 3 is 2.43 bits per heavy atom. The third kappa shape index (κ3) is 2.90. The Bertz CT molecular complexity index is 693. The number of anilines is 3. The van der Waals surface area contributed by atoms with Crippen LogP contribution in [0.3, 0.4) is 0 Å². The molecule has 1 aromatic carbocycles. The van der Waals surface area contributed by atoms with Gasteiger partial charge in [-0.15, -0.1) is 0 Å². The van der Waals surface area contributed by atoms with Gasteiger partial charge in [0.05, 0.1) is 4.83 Å². The zero-order valence-corrected chi connectivity index (χ0v) is 14.9. The summed E-state index contributed by atoms with van der Waals surface area (Å²) >= 11 is 3.67. The molecule has 0 saturated carbocycles. The Morgan fingerprint density at radius 2 is 1.70 bits per heavy atom. The number of nitrogens with one attached hydrogen (secondary N) is 1. The summed E-state index contributed by atoms with van der Waals surface area (Å²) in [6.07, 6.45) is 0. The predicted octanol–water partition coefficient (Wildman–Crippen LogP) is 3.58. The van der Waals surface area contributed by atoms with Gasteiger partial charge < -0.3 is 15.1 Å². The monoisotopic (exact) mass is 372 g/mol. The molecule has 0 bridgehead atoms. The number of alkyl halides is 1. The highest BCUT2D eigenvalue weighted by Gasteiger charge is 2.23. The number of fused-ring (bicyclic) bond motifs is 1. The van der Waals surface area contributed by atoms with E-state index in [9.17, 15) is 0 Å². The number of pyridine rings is 1. The third-order valence-corrected chi connectivity index (χ3v) is 5.52. The molecular formula is C18H21BrN4. The Kier molecular flexibility index (Phi) is 3.89. The Labute approximate surface area is 145 Å². The second kappa shape index (κ2) is 6.04. The summed E-state index contributed by atoms with van der Waals surface area (Å²) in [4.78, 5) is 10.0. The summed E-state index contributed by atoms with van der Waals surface area (Å²) in [6.45, 7) is 7.15. The van der Waals surface area contributed by atoms with Crippen LogP contribution in [-0.2, 0) is 0 Å². The van der Waals surface area contributed by atoms with Gasteiger partial charge in [-0.05, 0) is 25.1 Å². The fraction of sp³-hybridized carbons (Fsp3) is 0.389. The maximum Gasteiger partial charge on any atom is 0.132 e. The SMILES string of the molecule is Cc1ccc(N2CCN(c3ccc4c(n3)NCC4Br)CC2)cc1. The van der Waals surface area contributed by atoms with Crippen molar-refractivity contribution in [1.29, 1.82) is 0 Å². The molecule has 2 aliphatic heterocycles. The highest BCUT2D eigenvalue weighted by Crippen LogP contribution is 2.35. The van der Waals surface area contributed by atoms with Crippen LogP contribution in [0.15, 0.2) is 36.4 Å². The number of hydrogen-bond donors (Lipinski definition) is 1. The Hall–Kier alpha value is -1.75. The first-order valence-corrected chi connectivity index (χ1v) is 9.08. The van der Waals surface area contributed by atoms with Gasteiger partial charge in [0, 0.05) is 44.0 Å². The van der Waals surface area contributed by atoms with Crippen molar-refractivity contribution in [3.05, 3.63) is 47.5 Å². The van der Waals surface area contributed by atoms with Crippen LogP contribution in [0, 0.1) is 6.92 Å². The molecule has 1 N–H and O–H groups in total. The summed E-state index contributed by atoms with van der Waals surface area (Å²) in [6, 6.07) is 13.2. The van der Waals surface area contributed by atoms with E-state index >= 15 is 0 Å². The Balaban J connectivity index is 1.44. The van der Waals surface area contributed by atoms with Crippen LogP contribution in [0.4, 0.5) is 17.3 Å². The topological polar surface area (TPSA) is 31.4 Å². The largest absolute Gasteiger partial charge is 0.368 e. The van der Waals surface area contributed by atoms with Gasteiger partial charge in [0.2, 0.25) is 0 Å². The molecule has 5 heteroatoms. The summed E-state index contributed by atoms with van der Waals surface area (Å²) in [7, 11) is 0. The van der Waals surface area contributed by atoms with Gasteiger partial charge in [0.1, 0.15) is 11.6 Å². The number of rotatable bonds is 2.